The van der Waals surface area contributed by atoms with Crippen LogP contribution in [-0.2, 0) is 11.3 Å². The number of imidazole rings is 1. The number of halogens is 1. The van der Waals surface area contributed by atoms with Gasteiger partial charge in [-0.15, -0.1) is 0 Å². The predicted molar refractivity (Wildman–Crippen MR) is 109 cm³/mol. The first-order valence-electron chi connectivity index (χ1n) is 8.58. The van der Waals surface area contributed by atoms with E-state index in [1.54, 1.807) is 23.9 Å². The second kappa shape index (κ2) is 7.66. The normalized spacial score (nSPS) is 12.7. The highest BCUT2D eigenvalue weighted by atomic mass is 35.5. The summed E-state index contributed by atoms with van der Waals surface area (Å²) >= 11 is 7.76. The number of aryl methyl sites for hydroxylation is 2. The molecule has 0 radical (unpaired) electrons. The second-order valence-corrected chi connectivity index (χ2v) is 7.75. The maximum Gasteiger partial charge on any atom is 0.262 e. The molecule has 27 heavy (non-hydrogen) atoms. The highest BCUT2D eigenvalue weighted by Crippen LogP contribution is 2.29. The van der Waals surface area contributed by atoms with Crippen molar-refractivity contribution in [2.24, 2.45) is 0 Å². The predicted octanol–water partition coefficient (Wildman–Crippen LogP) is 4.64. The Bertz CT molecular complexity index is 964. The number of rotatable bonds is 5. The standard InChI is InChI=1S/C20H18ClN3O2S/c1-13-10-16(6-7-17(13)21)26-12-19(25)22-15-4-2-14(3-5-15)18-11-24-8-9-27-20(24)23-18/h2-7,10-11H,8-9,12H2,1H3,(H,22,25). The van der Waals surface area contributed by atoms with Crippen LogP contribution in [0.2, 0.25) is 5.02 Å². The smallest absolute Gasteiger partial charge is 0.262 e. The number of anilines is 1. The maximum atomic E-state index is 12.1. The summed E-state index contributed by atoms with van der Waals surface area (Å²) < 4.78 is 7.69. The van der Waals surface area contributed by atoms with Gasteiger partial charge >= 0.3 is 0 Å². The van der Waals surface area contributed by atoms with Gasteiger partial charge in [-0.25, -0.2) is 4.98 Å². The first kappa shape index (κ1) is 17.9. The molecule has 1 N–H and O–H groups in total. The average Bonchev–Trinajstić information content (AvgIpc) is 3.25. The molecule has 3 aromatic rings. The summed E-state index contributed by atoms with van der Waals surface area (Å²) in [6.45, 7) is 2.84. The van der Waals surface area contributed by atoms with Crippen molar-refractivity contribution in [1.82, 2.24) is 9.55 Å². The summed E-state index contributed by atoms with van der Waals surface area (Å²) in [5, 5.41) is 4.58. The van der Waals surface area contributed by atoms with Gasteiger partial charge in [0.2, 0.25) is 0 Å². The molecule has 1 amide bonds. The SMILES string of the molecule is Cc1cc(OCC(=O)Nc2ccc(-c3cn4c(n3)SCC4)cc2)ccc1Cl. The molecule has 0 saturated heterocycles. The molecule has 5 nitrogen and oxygen atoms in total. The van der Waals surface area contributed by atoms with E-state index in [0.717, 1.165) is 40.0 Å². The molecule has 0 unspecified atom stereocenters. The third kappa shape index (κ3) is 4.12. The summed E-state index contributed by atoms with van der Waals surface area (Å²) in [6.07, 6.45) is 2.07. The number of nitrogens with zero attached hydrogens (tertiary/aromatic N) is 2. The van der Waals surface area contributed by atoms with Crippen molar-refractivity contribution in [3.8, 4) is 17.0 Å². The summed E-state index contributed by atoms with van der Waals surface area (Å²) in [5.74, 6) is 1.49. The monoisotopic (exact) mass is 399 g/mol. The molecular formula is C20H18ClN3O2S. The van der Waals surface area contributed by atoms with Crippen molar-refractivity contribution in [2.75, 3.05) is 17.7 Å². The number of carbonyl (C=O) groups is 1. The van der Waals surface area contributed by atoms with Gasteiger partial charge in [0.05, 0.1) is 5.69 Å². The number of benzene rings is 2. The largest absolute Gasteiger partial charge is 0.484 e. The number of hydrogen-bond acceptors (Lipinski definition) is 4. The molecule has 0 atom stereocenters. The van der Waals surface area contributed by atoms with E-state index in [4.69, 9.17) is 16.3 Å². The number of aromatic nitrogens is 2. The Morgan fingerprint density at radius 2 is 2.11 bits per heavy atom. The van der Waals surface area contributed by atoms with Crippen LogP contribution in [-0.4, -0.2) is 27.8 Å². The van der Waals surface area contributed by atoms with Crippen molar-refractivity contribution < 1.29 is 9.53 Å². The van der Waals surface area contributed by atoms with Crippen LogP contribution in [0.15, 0.2) is 53.8 Å². The number of amides is 1. The van der Waals surface area contributed by atoms with E-state index in [2.05, 4.69) is 21.1 Å². The van der Waals surface area contributed by atoms with Crippen LogP contribution in [0, 0.1) is 6.92 Å². The van der Waals surface area contributed by atoms with Gasteiger partial charge in [-0.3, -0.25) is 4.79 Å². The van der Waals surface area contributed by atoms with Gasteiger partial charge in [0, 0.05) is 34.8 Å². The van der Waals surface area contributed by atoms with Gasteiger partial charge in [0.25, 0.3) is 5.91 Å². The van der Waals surface area contributed by atoms with Crippen molar-refractivity contribution in [1.29, 1.82) is 0 Å². The Kier molecular flexibility index (Phi) is 5.09. The fourth-order valence-corrected chi connectivity index (χ4v) is 3.89. The Labute approximate surface area is 166 Å². The van der Waals surface area contributed by atoms with E-state index in [1.165, 1.54) is 0 Å². The molecule has 0 aliphatic carbocycles. The summed E-state index contributed by atoms with van der Waals surface area (Å²) in [5.41, 5.74) is 3.62. The molecule has 7 heteroatoms. The zero-order valence-electron chi connectivity index (χ0n) is 14.7. The molecule has 1 aromatic heterocycles. The van der Waals surface area contributed by atoms with Crippen LogP contribution in [0.1, 0.15) is 5.56 Å². The van der Waals surface area contributed by atoms with Gasteiger partial charge in [-0.2, -0.15) is 0 Å². The van der Waals surface area contributed by atoms with Crippen LogP contribution in [0.5, 0.6) is 5.75 Å². The summed E-state index contributed by atoms with van der Waals surface area (Å²) in [4.78, 5) is 16.7. The number of ether oxygens (including phenoxy) is 1. The minimum absolute atomic E-state index is 0.0617. The Hall–Kier alpha value is -2.44. The number of carbonyl (C=O) groups excluding carboxylic acids is 1. The van der Waals surface area contributed by atoms with Gasteiger partial charge in [0.15, 0.2) is 11.8 Å². The first-order valence-corrected chi connectivity index (χ1v) is 9.94. The minimum Gasteiger partial charge on any atom is -0.484 e. The second-order valence-electron chi connectivity index (χ2n) is 6.28. The zero-order valence-corrected chi connectivity index (χ0v) is 16.3. The molecule has 1 aliphatic rings. The van der Waals surface area contributed by atoms with E-state index in [1.807, 2.05) is 37.3 Å². The lowest BCUT2D eigenvalue weighted by atomic mass is 10.1. The molecule has 0 fully saturated rings. The van der Waals surface area contributed by atoms with Crippen molar-refractivity contribution in [3.05, 3.63) is 59.2 Å². The number of thioether (sulfide) groups is 1. The van der Waals surface area contributed by atoms with Crippen LogP contribution in [0.3, 0.4) is 0 Å². The molecule has 138 valence electrons. The van der Waals surface area contributed by atoms with Gasteiger partial charge in [-0.05, 0) is 42.8 Å². The number of hydrogen-bond donors (Lipinski definition) is 1. The lowest BCUT2D eigenvalue weighted by Gasteiger charge is -2.09. The molecule has 0 spiro atoms. The molecule has 1 aliphatic heterocycles. The number of fused-ring (bicyclic) bond motifs is 1. The average molecular weight is 400 g/mol. The molecule has 0 saturated carbocycles. The van der Waals surface area contributed by atoms with E-state index < -0.39 is 0 Å². The maximum absolute atomic E-state index is 12.1. The van der Waals surface area contributed by atoms with Gasteiger partial charge in [0.1, 0.15) is 5.75 Å². The van der Waals surface area contributed by atoms with E-state index in [0.29, 0.717) is 10.8 Å². The molecule has 2 aromatic carbocycles. The van der Waals surface area contributed by atoms with E-state index in [9.17, 15) is 4.79 Å². The molecule has 0 bridgehead atoms. The highest BCUT2D eigenvalue weighted by Gasteiger charge is 2.15. The third-order valence-corrected chi connectivity index (χ3v) is 5.66. The molecule has 2 heterocycles. The highest BCUT2D eigenvalue weighted by molar-refractivity contribution is 7.99. The minimum atomic E-state index is -0.215. The van der Waals surface area contributed by atoms with Crippen LogP contribution in [0.4, 0.5) is 5.69 Å². The lowest BCUT2D eigenvalue weighted by molar-refractivity contribution is -0.118. The fraction of sp³-hybridized carbons (Fsp3) is 0.200. The van der Waals surface area contributed by atoms with E-state index >= 15 is 0 Å². The third-order valence-electron chi connectivity index (χ3n) is 4.27. The fourth-order valence-electron chi connectivity index (χ4n) is 2.83. The Balaban J connectivity index is 1.34. The van der Waals surface area contributed by atoms with Crippen molar-refractivity contribution >= 4 is 35.0 Å². The van der Waals surface area contributed by atoms with Crippen molar-refractivity contribution in [2.45, 2.75) is 18.6 Å². The number of nitrogens with one attached hydrogen (secondary N) is 1. The quantitative estimate of drug-likeness (QED) is 0.679. The topological polar surface area (TPSA) is 56.1 Å². The van der Waals surface area contributed by atoms with Crippen LogP contribution < -0.4 is 10.1 Å². The Morgan fingerprint density at radius 3 is 2.85 bits per heavy atom. The van der Waals surface area contributed by atoms with E-state index in [-0.39, 0.29) is 12.5 Å². The van der Waals surface area contributed by atoms with Gasteiger partial charge in [-0.1, -0.05) is 35.5 Å². The first-order chi connectivity index (χ1) is 13.1. The lowest BCUT2D eigenvalue weighted by Crippen LogP contribution is -2.20. The van der Waals surface area contributed by atoms with Crippen molar-refractivity contribution in [3.63, 3.8) is 0 Å². The summed E-state index contributed by atoms with van der Waals surface area (Å²) in [7, 11) is 0. The molecule has 4 rings (SSSR count). The summed E-state index contributed by atoms with van der Waals surface area (Å²) in [6, 6.07) is 13.0. The van der Waals surface area contributed by atoms with Crippen LogP contribution >= 0.6 is 23.4 Å². The van der Waals surface area contributed by atoms with Gasteiger partial charge < -0.3 is 14.6 Å². The van der Waals surface area contributed by atoms with Crippen LogP contribution in [0.25, 0.3) is 11.3 Å². The molecular weight excluding hydrogens is 382 g/mol. The Morgan fingerprint density at radius 1 is 1.30 bits per heavy atom. The zero-order chi connectivity index (χ0) is 18.8.